The second-order valence-electron chi connectivity index (χ2n) is 6.68. The fraction of sp³-hybridized carbons (Fsp3) is 0.938. The van der Waals surface area contributed by atoms with Crippen molar-refractivity contribution < 1.29 is 4.79 Å². The number of likely N-dealkylation sites (tertiary alicyclic amines) is 1. The van der Waals surface area contributed by atoms with Crippen molar-refractivity contribution in [3.63, 3.8) is 0 Å². The van der Waals surface area contributed by atoms with Crippen LogP contribution < -0.4 is 5.32 Å². The molecule has 0 saturated carbocycles. The summed E-state index contributed by atoms with van der Waals surface area (Å²) in [4.78, 5) is 17.0. The first-order chi connectivity index (χ1) is 9.59. The molecular weight excluding hydrogens is 250 g/mol. The van der Waals surface area contributed by atoms with Crippen molar-refractivity contribution in [2.45, 2.75) is 70.5 Å². The molecule has 2 rings (SSSR count). The van der Waals surface area contributed by atoms with E-state index in [1.165, 1.54) is 19.3 Å². The predicted molar refractivity (Wildman–Crippen MR) is 82.8 cm³/mol. The van der Waals surface area contributed by atoms with Gasteiger partial charge in [-0.15, -0.1) is 0 Å². The normalized spacial score (nSPS) is 32.2. The molecule has 4 nitrogen and oxygen atoms in total. The van der Waals surface area contributed by atoms with Crippen LogP contribution in [0.4, 0.5) is 0 Å². The van der Waals surface area contributed by atoms with Crippen molar-refractivity contribution in [1.29, 1.82) is 0 Å². The van der Waals surface area contributed by atoms with Gasteiger partial charge in [0.2, 0.25) is 5.91 Å². The third-order valence-electron chi connectivity index (χ3n) is 5.03. The van der Waals surface area contributed by atoms with Gasteiger partial charge in [0.05, 0.1) is 6.54 Å². The van der Waals surface area contributed by atoms with Crippen molar-refractivity contribution in [2.24, 2.45) is 0 Å². The van der Waals surface area contributed by atoms with Crippen LogP contribution in [-0.2, 0) is 4.79 Å². The van der Waals surface area contributed by atoms with Crippen LogP contribution in [0.2, 0.25) is 0 Å². The van der Waals surface area contributed by atoms with Crippen molar-refractivity contribution in [3.05, 3.63) is 0 Å². The molecule has 2 aliphatic heterocycles. The van der Waals surface area contributed by atoms with Crippen molar-refractivity contribution in [2.75, 3.05) is 26.7 Å². The lowest BCUT2D eigenvalue weighted by atomic mass is 9.97. The van der Waals surface area contributed by atoms with Crippen molar-refractivity contribution >= 4 is 5.91 Å². The molecule has 1 N–H and O–H groups in total. The molecule has 2 aliphatic rings. The largest absolute Gasteiger partial charge is 0.336 e. The zero-order chi connectivity index (χ0) is 14.5. The second kappa shape index (κ2) is 7.41. The van der Waals surface area contributed by atoms with Crippen LogP contribution >= 0.6 is 0 Å². The van der Waals surface area contributed by atoms with Crippen molar-refractivity contribution in [1.82, 2.24) is 15.1 Å². The minimum Gasteiger partial charge on any atom is -0.336 e. The summed E-state index contributed by atoms with van der Waals surface area (Å²) in [6, 6.07) is 1.38. The maximum absolute atomic E-state index is 12.6. The standard InChI is InChI=1S/C16H31N3O/c1-13-6-4-7-14(2)19(13)16(20)12-18(3)15-8-5-10-17-11-9-15/h13-15,17H,4-12H2,1-3H3. The molecule has 2 fully saturated rings. The van der Waals surface area contributed by atoms with Crippen molar-refractivity contribution in [3.8, 4) is 0 Å². The van der Waals surface area contributed by atoms with Gasteiger partial charge in [0.1, 0.15) is 0 Å². The van der Waals surface area contributed by atoms with Gasteiger partial charge in [-0.1, -0.05) is 0 Å². The molecule has 2 heterocycles. The molecule has 0 aromatic rings. The minimum absolute atomic E-state index is 0.324. The van der Waals surface area contributed by atoms with Crippen LogP contribution in [0.5, 0.6) is 0 Å². The lowest BCUT2D eigenvalue weighted by Gasteiger charge is -2.40. The number of likely N-dealkylation sites (N-methyl/N-ethyl adjacent to an activating group) is 1. The number of carbonyl (C=O) groups excluding carboxylic acids is 1. The molecule has 0 radical (unpaired) electrons. The molecule has 20 heavy (non-hydrogen) atoms. The number of nitrogens with zero attached hydrogens (tertiary/aromatic N) is 2. The van der Waals surface area contributed by atoms with Gasteiger partial charge in [-0.3, -0.25) is 9.69 Å². The summed E-state index contributed by atoms with van der Waals surface area (Å²) >= 11 is 0. The highest BCUT2D eigenvalue weighted by Crippen LogP contribution is 2.23. The van der Waals surface area contributed by atoms with Gasteiger partial charge in [-0.25, -0.2) is 0 Å². The maximum Gasteiger partial charge on any atom is 0.237 e. The smallest absolute Gasteiger partial charge is 0.237 e. The van der Waals surface area contributed by atoms with Crippen LogP contribution in [-0.4, -0.2) is 60.5 Å². The van der Waals surface area contributed by atoms with E-state index in [0.717, 1.165) is 32.4 Å². The van der Waals surface area contributed by atoms with E-state index in [4.69, 9.17) is 0 Å². The summed E-state index contributed by atoms with van der Waals surface area (Å²) in [6.45, 7) is 7.18. The highest BCUT2D eigenvalue weighted by molar-refractivity contribution is 5.79. The van der Waals surface area contributed by atoms with E-state index < -0.39 is 0 Å². The van der Waals surface area contributed by atoms with Crippen LogP contribution in [0.25, 0.3) is 0 Å². The van der Waals surface area contributed by atoms with E-state index in [0.29, 0.717) is 30.6 Å². The van der Waals surface area contributed by atoms with Gasteiger partial charge in [0.15, 0.2) is 0 Å². The van der Waals surface area contributed by atoms with Gasteiger partial charge < -0.3 is 10.2 Å². The molecule has 0 aliphatic carbocycles. The Bertz CT molecular complexity index is 303. The SMILES string of the molecule is CC1CCCC(C)N1C(=O)CN(C)C1CCCNCC1. The molecule has 0 bridgehead atoms. The van der Waals surface area contributed by atoms with Gasteiger partial charge in [0.25, 0.3) is 0 Å². The first-order valence-electron chi connectivity index (χ1n) is 8.31. The molecule has 2 saturated heterocycles. The fourth-order valence-electron chi connectivity index (χ4n) is 3.78. The zero-order valence-corrected chi connectivity index (χ0v) is 13.4. The summed E-state index contributed by atoms with van der Waals surface area (Å²) in [5, 5.41) is 3.44. The summed E-state index contributed by atoms with van der Waals surface area (Å²) in [7, 11) is 2.12. The molecule has 0 aromatic heterocycles. The predicted octanol–water partition coefficient (Wildman–Crippen LogP) is 1.85. The van der Waals surface area contributed by atoms with E-state index in [1.54, 1.807) is 0 Å². The van der Waals surface area contributed by atoms with Gasteiger partial charge in [0, 0.05) is 18.1 Å². The molecule has 3 atom stereocenters. The average Bonchev–Trinajstić information content (AvgIpc) is 2.67. The average molecular weight is 281 g/mol. The van der Waals surface area contributed by atoms with Gasteiger partial charge in [-0.05, 0) is 72.5 Å². The zero-order valence-electron chi connectivity index (χ0n) is 13.4. The van der Waals surface area contributed by atoms with Crippen LogP contribution in [0.1, 0.15) is 52.4 Å². The Balaban J connectivity index is 1.88. The molecule has 3 unspecified atom stereocenters. The Morgan fingerprint density at radius 2 is 1.80 bits per heavy atom. The Hall–Kier alpha value is -0.610. The number of piperidine rings is 1. The molecule has 0 aromatic carbocycles. The van der Waals surface area contributed by atoms with Crippen LogP contribution in [0, 0.1) is 0 Å². The van der Waals surface area contributed by atoms with Crippen LogP contribution in [0.15, 0.2) is 0 Å². The molecule has 116 valence electrons. The highest BCUT2D eigenvalue weighted by Gasteiger charge is 2.30. The monoisotopic (exact) mass is 281 g/mol. The Morgan fingerprint density at radius 1 is 1.10 bits per heavy atom. The number of rotatable bonds is 3. The maximum atomic E-state index is 12.6. The quantitative estimate of drug-likeness (QED) is 0.857. The first-order valence-corrected chi connectivity index (χ1v) is 8.31. The lowest BCUT2D eigenvalue weighted by molar-refractivity contribution is -0.138. The van der Waals surface area contributed by atoms with E-state index >= 15 is 0 Å². The molecule has 4 heteroatoms. The lowest BCUT2D eigenvalue weighted by Crippen LogP contribution is -2.51. The molecule has 0 spiro atoms. The Kier molecular flexibility index (Phi) is 5.85. The Labute approximate surface area is 123 Å². The molecular formula is C16H31N3O. The van der Waals surface area contributed by atoms with Gasteiger partial charge in [-0.2, -0.15) is 0 Å². The topological polar surface area (TPSA) is 35.6 Å². The first kappa shape index (κ1) is 15.8. The summed E-state index contributed by atoms with van der Waals surface area (Å²) in [5.74, 6) is 0.324. The number of amides is 1. The Morgan fingerprint density at radius 3 is 2.50 bits per heavy atom. The van der Waals surface area contributed by atoms with E-state index in [9.17, 15) is 4.79 Å². The highest BCUT2D eigenvalue weighted by atomic mass is 16.2. The fourth-order valence-corrected chi connectivity index (χ4v) is 3.78. The second-order valence-corrected chi connectivity index (χ2v) is 6.68. The third kappa shape index (κ3) is 3.95. The van der Waals surface area contributed by atoms with E-state index in [-0.39, 0.29) is 0 Å². The van der Waals surface area contributed by atoms with E-state index in [1.807, 2.05) is 0 Å². The molecule has 1 amide bonds. The number of nitrogens with one attached hydrogen (secondary N) is 1. The minimum atomic E-state index is 0.324. The van der Waals surface area contributed by atoms with Crippen LogP contribution in [0.3, 0.4) is 0 Å². The van der Waals surface area contributed by atoms with Gasteiger partial charge >= 0.3 is 0 Å². The number of hydrogen-bond donors (Lipinski definition) is 1. The summed E-state index contributed by atoms with van der Waals surface area (Å²) in [6.07, 6.45) is 7.17. The third-order valence-corrected chi connectivity index (χ3v) is 5.03. The number of carbonyl (C=O) groups is 1. The summed E-state index contributed by atoms with van der Waals surface area (Å²) < 4.78 is 0. The summed E-state index contributed by atoms with van der Waals surface area (Å²) in [5.41, 5.74) is 0. The number of hydrogen-bond acceptors (Lipinski definition) is 3. The van der Waals surface area contributed by atoms with E-state index in [2.05, 4.69) is 36.0 Å².